The van der Waals surface area contributed by atoms with E-state index in [1.54, 1.807) is 11.0 Å². The number of ether oxygens (including phenoxy) is 1. The van der Waals surface area contributed by atoms with E-state index in [1.807, 2.05) is 20.8 Å². The van der Waals surface area contributed by atoms with Crippen LogP contribution in [0.5, 0.6) is 0 Å². The minimum absolute atomic E-state index is 0.113. The molecule has 1 aliphatic rings. The fraction of sp³-hybridized carbons (Fsp3) is 0.600. The van der Waals surface area contributed by atoms with Gasteiger partial charge in [-0.05, 0) is 12.5 Å². The van der Waals surface area contributed by atoms with Gasteiger partial charge in [-0.3, -0.25) is 9.89 Å². The summed E-state index contributed by atoms with van der Waals surface area (Å²) in [6.07, 6.45) is 0.420. The van der Waals surface area contributed by atoms with Gasteiger partial charge in [-0.25, -0.2) is 0 Å². The van der Waals surface area contributed by atoms with Crippen LogP contribution in [0.15, 0.2) is 10.5 Å². The smallest absolute Gasteiger partial charge is 0.274 e. The maximum Gasteiger partial charge on any atom is 0.274 e. The van der Waals surface area contributed by atoms with Crippen molar-refractivity contribution in [1.29, 1.82) is 0 Å². The van der Waals surface area contributed by atoms with E-state index in [2.05, 4.69) is 20.4 Å². The third-order valence-electron chi connectivity index (χ3n) is 3.81. The Balaban J connectivity index is 1.71. The number of nitrogens with zero attached hydrogens (tertiary/aromatic N) is 4. The molecule has 1 saturated heterocycles. The van der Waals surface area contributed by atoms with E-state index in [1.165, 1.54) is 0 Å². The van der Waals surface area contributed by atoms with Crippen LogP contribution in [0.1, 0.15) is 60.8 Å². The van der Waals surface area contributed by atoms with Crippen LogP contribution in [0.25, 0.3) is 0 Å². The van der Waals surface area contributed by atoms with Crippen molar-refractivity contribution in [2.45, 2.75) is 39.2 Å². The Hall–Kier alpha value is -2.22. The van der Waals surface area contributed by atoms with Crippen LogP contribution in [-0.2, 0) is 11.2 Å². The minimum atomic E-state index is -0.391. The molecular weight excluding hydrogens is 298 g/mol. The van der Waals surface area contributed by atoms with E-state index in [4.69, 9.17) is 9.15 Å². The molecule has 2 aromatic rings. The number of hydrogen-bond donors (Lipinski definition) is 1. The lowest BCUT2D eigenvalue weighted by atomic mass is 10.2. The third kappa shape index (κ3) is 3.26. The van der Waals surface area contributed by atoms with Gasteiger partial charge in [0.25, 0.3) is 5.91 Å². The molecule has 1 atom stereocenters. The second kappa shape index (κ2) is 6.49. The number of rotatable bonds is 4. The van der Waals surface area contributed by atoms with Gasteiger partial charge in [0.05, 0.1) is 13.2 Å². The highest BCUT2D eigenvalue weighted by Crippen LogP contribution is 2.24. The fourth-order valence-corrected chi connectivity index (χ4v) is 2.41. The molecule has 0 saturated carbocycles. The number of aromatic amines is 1. The molecule has 3 rings (SSSR count). The summed E-state index contributed by atoms with van der Waals surface area (Å²) in [6, 6.07) is 1.79. The fourth-order valence-electron chi connectivity index (χ4n) is 2.41. The number of nitrogens with one attached hydrogen (secondary N) is 1. The molecule has 0 aliphatic carbocycles. The van der Waals surface area contributed by atoms with Gasteiger partial charge in [0.15, 0.2) is 6.10 Å². The van der Waals surface area contributed by atoms with Gasteiger partial charge < -0.3 is 14.1 Å². The van der Waals surface area contributed by atoms with Crippen molar-refractivity contribution >= 4 is 5.91 Å². The third-order valence-corrected chi connectivity index (χ3v) is 3.81. The minimum Gasteiger partial charge on any atom is -0.422 e. The lowest BCUT2D eigenvalue weighted by Gasteiger charge is -2.30. The number of carbonyl (C=O) groups is 1. The summed E-state index contributed by atoms with van der Waals surface area (Å²) < 4.78 is 11.3. The highest BCUT2D eigenvalue weighted by atomic mass is 16.5. The summed E-state index contributed by atoms with van der Waals surface area (Å²) >= 11 is 0. The summed E-state index contributed by atoms with van der Waals surface area (Å²) in [4.78, 5) is 14.3. The zero-order valence-electron chi connectivity index (χ0n) is 13.6. The van der Waals surface area contributed by atoms with Gasteiger partial charge in [0.1, 0.15) is 5.69 Å². The SMILES string of the molecule is CCc1cc(C(=O)N2CCO[C@H](c3nnc(C(C)C)o3)C2)n[nH]1. The summed E-state index contributed by atoms with van der Waals surface area (Å²) in [5, 5.41) is 15.0. The van der Waals surface area contributed by atoms with Gasteiger partial charge >= 0.3 is 0 Å². The highest BCUT2D eigenvalue weighted by Gasteiger charge is 2.30. The van der Waals surface area contributed by atoms with Crippen LogP contribution in [0.2, 0.25) is 0 Å². The number of amides is 1. The maximum atomic E-state index is 12.5. The maximum absolute atomic E-state index is 12.5. The van der Waals surface area contributed by atoms with Gasteiger partial charge in [-0.15, -0.1) is 10.2 Å². The molecule has 2 aromatic heterocycles. The van der Waals surface area contributed by atoms with Crippen LogP contribution < -0.4 is 0 Å². The predicted molar refractivity (Wildman–Crippen MR) is 80.9 cm³/mol. The molecular formula is C15H21N5O3. The molecule has 8 nitrogen and oxygen atoms in total. The largest absolute Gasteiger partial charge is 0.422 e. The molecule has 0 radical (unpaired) electrons. The second-order valence-corrected chi connectivity index (χ2v) is 5.88. The van der Waals surface area contributed by atoms with Crippen molar-refractivity contribution in [1.82, 2.24) is 25.3 Å². The molecule has 0 aromatic carbocycles. The molecule has 23 heavy (non-hydrogen) atoms. The molecule has 124 valence electrons. The Morgan fingerprint density at radius 3 is 2.96 bits per heavy atom. The van der Waals surface area contributed by atoms with Gasteiger partial charge in [-0.2, -0.15) is 5.10 Å². The first kappa shape index (κ1) is 15.7. The lowest BCUT2D eigenvalue weighted by molar-refractivity contribution is -0.0352. The van der Waals surface area contributed by atoms with Crippen molar-refractivity contribution in [3.63, 3.8) is 0 Å². The van der Waals surface area contributed by atoms with Crippen LogP contribution in [0, 0.1) is 0 Å². The molecule has 1 N–H and O–H groups in total. The molecule has 1 fully saturated rings. The van der Waals surface area contributed by atoms with Crippen molar-refractivity contribution in [3.8, 4) is 0 Å². The first-order valence-corrected chi connectivity index (χ1v) is 7.87. The summed E-state index contributed by atoms with van der Waals surface area (Å²) in [6.45, 7) is 7.31. The highest BCUT2D eigenvalue weighted by molar-refractivity contribution is 5.92. The Morgan fingerprint density at radius 2 is 2.30 bits per heavy atom. The molecule has 3 heterocycles. The van der Waals surface area contributed by atoms with Crippen LogP contribution in [-0.4, -0.2) is 50.9 Å². The number of aryl methyl sites for hydroxylation is 1. The van der Waals surface area contributed by atoms with E-state index in [0.29, 0.717) is 37.2 Å². The molecule has 1 aliphatic heterocycles. The van der Waals surface area contributed by atoms with Crippen LogP contribution in [0.3, 0.4) is 0 Å². The predicted octanol–water partition coefficient (Wildman–Crippen LogP) is 1.69. The number of hydrogen-bond acceptors (Lipinski definition) is 6. The molecule has 8 heteroatoms. The van der Waals surface area contributed by atoms with Crippen LogP contribution >= 0.6 is 0 Å². The number of carbonyl (C=O) groups excluding carboxylic acids is 1. The van der Waals surface area contributed by atoms with Crippen molar-refractivity contribution in [2.24, 2.45) is 0 Å². The normalized spacial score (nSPS) is 18.6. The van der Waals surface area contributed by atoms with Crippen molar-refractivity contribution in [3.05, 3.63) is 29.2 Å². The quantitative estimate of drug-likeness (QED) is 0.921. The number of morpholine rings is 1. The molecule has 0 bridgehead atoms. The van der Waals surface area contributed by atoms with Crippen molar-refractivity contribution in [2.75, 3.05) is 19.7 Å². The first-order valence-electron chi connectivity index (χ1n) is 7.87. The Bertz CT molecular complexity index is 678. The average molecular weight is 319 g/mol. The topological polar surface area (TPSA) is 97.1 Å². The second-order valence-electron chi connectivity index (χ2n) is 5.88. The van der Waals surface area contributed by atoms with E-state index >= 15 is 0 Å². The Morgan fingerprint density at radius 1 is 1.48 bits per heavy atom. The zero-order chi connectivity index (χ0) is 16.4. The molecule has 0 unspecified atom stereocenters. The summed E-state index contributed by atoms with van der Waals surface area (Å²) in [5.41, 5.74) is 1.37. The van der Waals surface area contributed by atoms with Gasteiger partial charge in [0.2, 0.25) is 11.8 Å². The standard InChI is InChI=1S/C15H21N5O3/c1-4-10-7-11(17-16-10)15(21)20-5-6-22-12(8-20)14-19-18-13(23-14)9(2)3/h7,9,12H,4-6,8H2,1-3H3,(H,16,17)/t12-/m0/s1. The first-order chi connectivity index (χ1) is 11.1. The number of aromatic nitrogens is 4. The Kier molecular flexibility index (Phi) is 4.42. The lowest BCUT2D eigenvalue weighted by Crippen LogP contribution is -2.42. The Labute approximate surface area is 134 Å². The van der Waals surface area contributed by atoms with Crippen LogP contribution in [0.4, 0.5) is 0 Å². The summed E-state index contributed by atoms with van der Waals surface area (Å²) in [5.74, 6) is 1.04. The van der Waals surface area contributed by atoms with E-state index in [-0.39, 0.29) is 11.8 Å². The average Bonchev–Trinajstić information content (AvgIpc) is 3.23. The van der Waals surface area contributed by atoms with E-state index in [0.717, 1.165) is 12.1 Å². The monoisotopic (exact) mass is 319 g/mol. The molecule has 0 spiro atoms. The van der Waals surface area contributed by atoms with E-state index in [9.17, 15) is 4.79 Å². The zero-order valence-corrected chi connectivity index (χ0v) is 13.6. The van der Waals surface area contributed by atoms with Gasteiger partial charge in [0, 0.05) is 18.2 Å². The summed E-state index contributed by atoms with van der Waals surface area (Å²) in [7, 11) is 0. The van der Waals surface area contributed by atoms with E-state index < -0.39 is 6.10 Å². The molecule has 1 amide bonds. The number of H-pyrrole nitrogens is 1. The van der Waals surface area contributed by atoms with Gasteiger partial charge in [-0.1, -0.05) is 20.8 Å². The van der Waals surface area contributed by atoms with Crippen molar-refractivity contribution < 1.29 is 13.9 Å².